The Hall–Kier alpha value is -1.45. The SMILES string of the molecule is CCCC(CCC)C(=O)N1CCCC(c2ccncn2)C1. The van der Waals surface area contributed by atoms with Crippen molar-refractivity contribution < 1.29 is 4.79 Å². The van der Waals surface area contributed by atoms with Crippen molar-refractivity contribution in [2.45, 2.75) is 58.3 Å². The van der Waals surface area contributed by atoms with Crippen molar-refractivity contribution in [3.8, 4) is 0 Å². The average molecular weight is 289 g/mol. The molecule has 1 saturated heterocycles. The van der Waals surface area contributed by atoms with Gasteiger partial charge in [-0.05, 0) is 31.7 Å². The molecule has 2 rings (SSSR count). The lowest BCUT2D eigenvalue weighted by Gasteiger charge is -2.34. The van der Waals surface area contributed by atoms with Gasteiger partial charge in [0.2, 0.25) is 5.91 Å². The maximum atomic E-state index is 12.7. The van der Waals surface area contributed by atoms with Gasteiger partial charge in [-0.25, -0.2) is 9.97 Å². The van der Waals surface area contributed by atoms with Gasteiger partial charge in [0.15, 0.2) is 0 Å². The Bertz CT molecular complexity index is 429. The largest absolute Gasteiger partial charge is 0.342 e. The molecular weight excluding hydrogens is 262 g/mol. The molecule has 0 saturated carbocycles. The van der Waals surface area contributed by atoms with Gasteiger partial charge in [0.1, 0.15) is 6.33 Å². The minimum absolute atomic E-state index is 0.212. The van der Waals surface area contributed by atoms with Crippen LogP contribution in [0, 0.1) is 5.92 Å². The molecule has 116 valence electrons. The van der Waals surface area contributed by atoms with Crippen LogP contribution in [0.2, 0.25) is 0 Å². The van der Waals surface area contributed by atoms with Crippen LogP contribution in [0.1, 0.15) is 64.0 Å². The molecule has 0 bridgehead atoms. The highest BCUT2D eigenvalue weighted by atomic mass is 16.2. The van der Waals surface area contributed by atoms with Crippen LogP contribution in [0.15, 0.2) is 18.6 Å². The lowest BCUT2D eigenvalue weighted by Crippen LogP contribution is -2.42. The second-order valence-electron chi connectivity index (χ2n) is 6.03. The number of carbonyl (C=O) groups is 1. The van der Waals surface area contributed by atoms with Gasteiger partial charge in [-0.2, -0.15) is 0 Å². The number of carbonyl (C=O) groups excluding carboxylic acids is 1. The van der Waals surface area contributed by atoms with Gasteiger partial charge in [0.25, 0.3) is 0 Å². The third-order valence-electron chi connectivity index (χ3n) is 4.38. The molecule has 0 N–H and O–H groups in total. The lowest BCUT2D eigenvalue weighted by molar-refractivity contribution is -0.137. The summed E-state index contributed by atoms with van der Waals surface area (Å²) in [6.45, 7) is 6.05. The number of hydrogen-bond acceptors (Lipinski definition) is 3. The van der Waals surface area contributed by atoms with Crippen molar-refractivity contribution in [2.75, 3.05) is 13.1 Å². The molecule has 0 spiro atoms. The third-order valence-corrected chi connectivity index (χ3v) is 4.38. The highest BCUT2D eigenvalue weighted by Gasteiger charge is 2.29. The van der Waals surface area contributed by atoms with Crippen LogP contribution in [-0.2, 0) is 4.79 Å². The maximum absolute atomic E-state index is 12.7. The Morgan fingerprint density at radius 2 is 2.14 bits per heavy atom. The van der Waals surface area contributed by atoms with E-state index in [1.807, 2.05) is 6.07 Å². The van der Waals surface area contributed by atoms with Crippen molar-refractivity contribution >= 4 is 5.91 Å². The van der Waals surface area contributed by atoms with Crippen LogP contribution in [-0.4, -0.2) is 33.9 Å². The van der Waals surface area contributed by atoms with Gasteiger partial charge in [0.05, 0.1) is 0 Å². The van der Waals surface area contributed by atoms with E-state index in [2.05, 4.69) is 28.7 Å². The first-order chi connectivity index (χ1) is 10.3. The van der Waals surface area contributed by atoms with E-state index in [0.717, 1.165) is 57.3 Å². The summed E-state index contributed by atoms with van der Waals surface area (Å²) in [6.07, 6.45) is 9.79. The van der Waals surface area contributed by atoms with E-state index in [-0.39, 0.29) is 5.92 Å². The molecule has 1 amide bonds. The van der Waals surface area contributed by atoms with Crippen molar-refractivity contribution in [2.24, 2.45) is 5.92 Å². The molecule has 1 aromatic rings. The van der Waals surface area contributed by atoms with E-state index < -0.39 is 0 Å². The summed E-state index contributed by atoms with van der Waals surface area (Å²) in [6, 6.07) is 1.98. The average Bonchev–Trinajstić information content (AvgIpc) is 2.55. The van der Waals surface area contributed by atoms with Gasteiger partial charge in [-0.1, -0.05) is 26.7 Å². The van der Waals surface area contributed by atoms with Gasteiger partial charge in [0, 0.05) is 36.8 Å². The summed E-state index contributed by atoms with van der Waals surface area (Å²) in [5.41, 5.74) is 1.07. The predicted octanol–water partition coefficient (Wildman–Crippen LogP) is 3.40. The Labute approximate surface area is 128 Å². The highest BCUT2D eigenvalue weighted by molar-refractivity contribution is 5.79. The fourth-order valence-corrected chi connectivity index (χ4v) is 3.31. The second kappa shape index (κ2) is 8.11. The molecule has 1 aliphatic rings. The molecule has 4 heteroatoms. The Kier molecular flexibility index (Phi) is 6.15. The number of piperidine rings is 1. The fraction of sp³-hybridized carbons (Fsp3) is 0.706. The van der Waals surface area contributed by atoms with Crippen LogP contribution in [0.4, 0.5) is 0 Å². The lowest BCUT2D eigenvalue weighted by atomic mass is 9.91. The van der Waals surface area contributed by atoms with Crippen molar-refractivity contribution in [1.82, 2.24) is 14.9 Å². The number of rotatable bonds is 6. The molecule has 4 nitrogen and oxygen atoms in total. The van der Waals surface area contributed by atoms with E-state index in [1.54, 1.807) is 12.5 Å². The molecule has 0 aliphatic carbocycles. The van der Waals surface area contributed by atoms with Crippen LogP contribution >= 0.6 is 0 Å². The van der Waals surface area contributed by atoms with Gasteiger partial charge >= 0.3 is 0 Å². The molecule has 2 heterocycles. The molecule has 1 unspecified atom stereocenters. The van der Waals surface area contributed by atoms with Gasteiger partial charge < -0.3 is 4.90 Å². The molecule has 21 heavy (non-hydrogen) atoms. The molecule has 1 aliphatic heterocycles. The molecular formula is C17H27N3O. The number of likely N-dealkylation sites (tertiary alicyclic amines) is 1. The zero-order chi connectivity index (χ0) is 15.1. The van der Waals surface area contributed by atoms with E-state index in [4.69, 9.17) is 0 Å². The summed E-state index contributed by atoms with van der Waals surface area (Å²) in [5.74, 6) is 0.941. The summed E-state index contributed by atoms with van der Waals surface area (Å²) < 4.78 is 0. The number of hydrogen-bond donors (Lipinski definition) is 0. The normalized spacial score (nSPS) is 19.0. The molecule has 0 radical (unpaired) electrons. The van der Waals surface area contributed by atoms with Crippen LogP contribution < -0.4 is 0 Å². The minimum atomic E-state index is 0.212. The quantitative estimate of drug-likeness (QED) is 0.806. The fourth-order valence-electron chi connectivity index (χ4n) is 3.31. The van der Waals surface area contributed by atoms with Gasteiger partial charge in [-0.15, -0.1) is 0 Å². The van der Waals surface area contributed by atoms with Gasteiger partial charge in [-0.3, -0.25) is 4.79 Å². The zero-order valence-electron chi connectivity index (χ0n) is 13.3. The monoisotopic (exact) mass is 289 g/mol. The van der Waals surface area contributed by atoms with Crippen LogP contribution in [0.3, 0.4) is 0 Å². The summed E-state index contributed by atoms with van der Waals surface area (Å²) in [5, 5.41) is 0. The molecule has 1 fully saturated rings. The van der Waals surface area contributed by atoms with E-state index in [1.165, 1.54) is 0 Å². The number of aromatic nitrogens is 2. The first-order valence-corrected chi connectivity index (χ1v) is 8.30. The highest BCUT2D eigenvalue weighted by Crippen LogP contribution is 2.27. The molecule has 1 atom stereocenters. The standard InChI is InChI=1S/C17H27N3O/c1-3-6-14(7-4-2)17(21)20-11-5-8-15(12-20)16-9-10-18-13-19-16/h9-10,13-15H,3-8,11-12H2,1-2H3. The Morgan fingerprint density at radius 1 is 1.38 bits per heavy atom. The zero-order valence-corrected chi connectivity index (χ0v) is 13.3. The molecule has 1 aromatic heterocycles. The summed E-state index contributed by atoms with van der Waals surface area (Å²) in [4.78, 5) is 23.2. The maximum Gasteiger partial charge on any atom is 0.225 e. The van der Waals surface area contributed by atoms with Crippen molar-refractivity contribution in [3.63, 3.8) is 0 Å². The smallest absolute Gasteiger partial charge is 0.225 e. The first-order valence-electron chi connectivity index (χ1n) is 8.30. The number of amides is 1. The Morgan fingerprint density at radius 3 is 2.76 bits per heavy atom. The van der Waals surface area contributed by atoms with E-state index in [9.17, 15) is 4.79 Å². The van der Waals surface area contributed by atoms with Crippen LogP contribution in [0.5, 0.6) is 0 Å². The van der Waals surface area contributed by atoms with E-state index >= 15 is 0 Å². The van der Waals surface area contributed by atoms with Crippen molar-refractivity contribution in [1.29, 1.82) is 0 Å². The van der Waals surface area contributed by atoms with E-state index in [0.29, 0.717) is 11.8 Å². The van der Waals surface area contributed by atoms with Crippen molar-refractivity contribution in [3.05, 3.63) is 24.3 Å². The molecule has 0 aromatic carbocycles. The first kappa shape index (κ1) is 15.9. The number of nitrogens with zero attached hydrogens (tertiary/aromatic N) is 3. The summed E-state index contributed by atoms with van der Waals surface area (Å²) >= 11 is 0. The topological polar surface area (TPSA) is 46.1 Å². The minimum Gasteiger partial charge on any atom is -0.342 e. The third kappa shape index (κ3) is 4.26. The predicted molar refractivity (Wildman–Crippen MR) is 83.9 cm³/mol. The Balaban J connectivity index is 2.01. The summed E-state index contributed by atoms with van der Waals surface area (Å²) in [7, 11) is 0. The second-order valence-corrected chi connectivity index (χ2v) is 6.03. The van der Waals surface area contributed by atoms with Crippen LogP contribution in [0.25, 0.3) is 0 Å².